The molecule has 0 aliphatic carbocycles. The maximum atomic E-state index is 12.2. The molecule has 0 spiro atoms. The van der Waals surface area contributed by atoms with Crippen LogP contribution in [0.3, 0.4) is 0 Å². The van der Waals surface area contributed by atoms with Gasteiger partial charge in [-0.3, -0.25) is 4.79 Å². The van der Waals surface area contributed by atoms with Gasteiger partial charge in [0.15, 0.2) is 0 Å². The van der Waals surface area contributed by atoms with Crippen molar-refractivity contribution in [1.29, 1.82) is 0 Å². The van der Waals surface area contributed by atoms with Crippen LogP contribution in [0.15, 0.2) is 12.4 Å². The number of aryl methyl sites for hydroxylation is 1. The number of carbonyl (C=O) groups is 2. The molecule has 6 nitrogen and oxygen atoms in total. The molecule has 0 bridgehead atoms. The number of aliphatic carboxylic acids is 1. The lowest BCUT2D eigenvalue weighted by Gasteiger charge is -2.21. The van der Waals surface area contributed by atoms with Crippen molar-refractivity contribution in [3.63, 3.8) is 0 Å². The van der Waals surface area contributed by atoms with E-state index in [4.69, 9.17) is 5.11 Å². The van der Waals surface area contributed by atoms with Crippen LogP contribution in [-0.4, -0.2) is 44.0 Å². The van der Waals surface area contributed by atoms with Crippen LogP contribution in [0.2, 0.25) is 0 Å². The molecule has 20 heavy (non-hydrogen) atoms. The summed E-state index contributed by atoms with van der Waals surface area (Å²) in [5.74, 6) is 0.271. The Morgan fingerprint density at radius 1 is 1.50 bits per heavy atom. The zero-order valence-corrected chi connectivity index (χ0v) is 12.0. The third kappa shape index (κ3) is 3.00. The van der Waals surface area contributed by atoms with E-state index in [-0.39, 0.29) is 5.91 Å². The lowest BCUT2D eigenvalue weighted by molar-refractivity contribution is -0.148. The predicted molar refractivity (Wildman–Crippen MR) is 73.3 cm³/mol. The fourth-order valence-corrected chi connectivity index (χ4v) is 2.69. The number of nitrogens with zero attached hydrogens (tertiary/aromatic N) is 3. The van der Waals surface area contributed by atoms with E-state index in [2.05, 4.69) is 18.8 Å². The molecule has 1 N–H and O–H groups in total. The first kappa shape index (κ1) is 14.6. The molecule has 1 amide bonds. The summed E-state index contributed by atoms with van der Waals surface area (Å²) >= 11 is 0. The monoisotopic (exact) mass is 279 g/mol. The summed E-state index contributed by atoms with van der Waals surface area (Å²) in [6.45, 7) is 5.22. The summed E-state index contributed by atoms with van der Waals surface area (Å²) in [7, 11) is 0. The molecule has 1 aromatic rings. The van der Waals surface area contributed by atoms with E-state index in [9.17, 15) is 9.59 Å². The Hall–Kier alpha value is -1.85. The molecule has 0 radical (unpaired) electrons. The summed E-state index contributed by atoms with van der Waals surface area (Å²) in [4.78, 5) is 29.0. The van der Waals surface area contributed by atoms with Crippen molar-refractivity contribution in [3.05, 3.63) is 18.2 Å². The fourth-order valence-electron chi connectivity index (χ4n) is 2.69. The van der Waals surface area contributed by atoms with Crippen LogP contribution >= 0.6 is 0 Å². The van der Waals surface area contributed by atoms with E-state index in [1.54, 1.807) is 6.20 Å². The first-order chi connectivity index (χ1) is 9.50. The lowest BCUT2D eigenvalue weighted by Crippen LogP contribution is -2.40. The maximum absolute atomic E-state index is 12.2. The quantitative estimate of drug-likeness (QED) is 0.885. The first-order valence-electron chi connectivity index (χ1n) is 7.04. The minimum atomic E-state index is -0.902. The Morgan fingerprint density at radius 2 is 2.25 bits per heavy atom. The van der Waals surface area contributed by atoms with Crippen LogP contribution in [0, 0.1) is 0 Å². The topological polar surface area (TPSA) is 75.4 Å². The summed E-state index contributed by atoms with van der Waals surface area (Å²) in [5, 5.41) is 9.09. The van der Waals surface area contributed by atoms with E-state index in [0.29, 0.717) is 31.8 Å². The zero-order valence-electron chi connectivity index (χ0n) is 12.0. The van der Waals surface area contributed by atoms with Crippen molar-refractivity contribution < 1.29 is 14.7 Å². The molecular weight excluding hydrogens is 258 g/mol. The summed E-state index contributed by atoms with van der Waals surface area (Å²) < 4.78 is 1.97. The second-order valence-corrected chi connectivity index (χ2v) is 5.47. The van der Waals surface area contributed by atoms with Gasteiger partial charge in [-0.15, -0.1) is 0 Å². The molecule has 0 aromatic carbocycles. The molecule has 0 saturated carbocycles. The molecule has 1 aromatic heterocycles. The molecule has 1 aliphatic rings. The molecule has 1 fully saturated rings. The van der Waals surface area contributed by atoms with Crippen molar-refractivity contribution in [2.24, 2.45) is 0 Å². The van der Waals surface area contributed by atoms with Gasteiger partial charge in [0.1, 0.15) is 11.9 Å². The van der Waals surface area contributed by atoms with Crippen molar-refractivity contribution in [2.45, 2.75) is 51.6 Å². The average molecular weight is 279 g/mol. The molecule has 2 rings (SSSR count). The Morgan fingerprint density at radius 3 is 2.90 bits per heavy atom. The number of imidazole rings is 1. The number of hydrogen-bond donors (Lipinski definition) is 1. The van der Waals surface area contributed by atoms with Crippen molar-refractivity contribution in [3.8, 4) is 0 Å². The number of amides is 1. The van der Waals surface area contributed by atoms with Gasteiger partial charge in [-0.25, -0.2) is 9.78 Å². The maximum Gasteiger partial charge on any atom is 0.326 e. The Labute approximate surface area is 118 Å². The van der Waals surface area contributed by atoms with Gasteiger partial charge in [-0.05, 0) is 12.8 Å². The second kappa shape index (κ2) is 6.07. The van der Waals surface area contributed by atoms with Crippen molar-refractivity contribution in [1.82, 2.24) is 14.5 Å². The van der Waals surface area contributed by atoms with Gasteiger partial charge >= 0.3 is 5.97 Å². The van der Waals surface area contributed by atoms with E-state index in [1.165, 1.54) is 4.90 Å². The average Bonchev–Trinajstić information content (AvgIpc) is 3.04. The first-order valence-corrected chi connectivity index (χ1v) is 7.04. The molecular formula is C14H21N3O3. The number of carboxylic acids is 1. The van der Waals surface area contributed by atoms with E-state index < -0.39 is 12.0 Å². The predicted octanol–water partition coefficient (Wildman–Crippen LogP) is 1.47. The smallest absolute Gasteiger partial charge is 0.326 e. The van der Waals surface area contributed by atoms with Crippen LogP contribution in [0.5, 0.6) is 0 Å². The summed E-state index contributed by atoms with van der Waals surface area (Å²) in [6.07, 6.45) is 5.24. The minimum absolute atomic E-state index is 0.0849. The van der Waals surface area contributed by atoms with Gasteiger partial charge in [0.2, 0.25) is 5.91 Å². The molecule has 1 aliphatic heterocycles. The molecule has 1 saturated heterocycles. The van der Waals surface area contributed by atoms with Crippen LogP contribution in [0.25, 0.3) is 0 Å². The Bertz CT molecular complexity index is 496. The molecule has 1 atom stereocenters. The van der Waals surface area contributed by atoms with E-state index in [1.807, 2.05) is 10.8 Å². The van der Waals surface area contributed by atoms with Gasteiger partial charge in [-0.1, -0.05) is 13.8 Å². The van der Waals surface area contributed by atoms with Crippen LogP contribution in [-0.2, 0) is 16.1 Å². The van der Waals surface area contributed by atoms with Gasteiger partial charge in [-0.2, -0.15) is 0 Å². The number of likely N-dealkylation sites (tertiary alicyclic amines) is 1. The Balaban J connectivity index is 1.95. The molecule has 1 unspecified atom stereocenters. The number of aromatic nitrogens is 2. The summed E-state index contributed by atoms with van der Waals surface area (Å²) in [6, 6.07) is -0.644. The molecule has 110 valence electrons. The molecule has 6 heteroatoms. The highest BCUT2D eigenvalue weighted by atomic mass is 16.4. The second-order valence-electron chi connectivity index (χ2n) is 5.47. The van der Waals surface area contributed by atoms with Crippen LogP contribution < -0.4 is 0 Å². The third-order valence-electron chi connectivity index (χ3n) is 3.69. The highest BCUT2D eigenvalue weighted by molar-refractivity contribution is 5.84. The SMILES string of the molecule is CC(C)c1nccn1CCC(=O)N1CCCC1C(=O)O. The van der Waals surface area contributed by atoms with Crippen molar-refractivity contribution >= 4 is 11.9 Å². The molecule has 2 heterocycles. The largest absolute Gasteiger partial charge is 0.480 e. The highest BCUT2D eigenvalue weighted by Crippen LogP contribution is 2.19. The number of rotatable bonds is 5. The van der Waals surface area contributed by atoms with Gasteiger partial charge in [0.25, 0.3) is 0 Å². The van der Waals surface area contributed by atoms with Crippen LogP contribution in [0.4, 0.5) is 0 Å². The van der Waals surface area contributed by atoms with E-state index >= 15 is 0 Å². The number of hydrogen-bond acceptors (Lipinski definition) is 3. The number of carbonyl (C=O) groups excluding carboxylic acids is 1. The van der Waals surface area contributed by atoms with Gasteiger partial charge in [0, 0.05) is 37.8 Å². The number of carboxylic acid groups (broad SMARTS) is 1. The standard InChI is InChI=1S/C14H21N3O3/c1-10(2)13-15-6-9-16(13)8-5-12(18)17-7-3-4-11(17)14(19)20/h6,9-11H,3-5,7-8H2,1-2H3,(H,19,20). The fraction of sp³-hybridized carbons (Fsp3) is 0.643. The summed E-state index contributed by atoms with van der Waals surface area (Å²) in [5.41, 5.74) is 0. The zero-order chi connectivity index (χ0) is 14.7. The Kier molecular flexibility index (Phi) is 4.42. The van der Waals surface area contributed by atoms with Crippen molar-refractivity contribution in [2.75, 3.05) is 6.54 Å². The highest BCUT2D eigenvalue weighted by Gasteiger charge is 2.33. The lowest BCUT2D eigenvalue weighted by atomic mass is 10.2. The third-order valence-corrected chi connectivity index (χ3v) is 3.69. The van der Waals surface area contributed by atoms with E-state index in [0.717, 1.165) is 12.2 Å². The van der Waals surface area contributed by atoms with Crippen LogP contribution in [0.1, 0.15) is 44.9 Å². The van der Waals surface area contributed by atoms with Gasteiger partial charge < -0.3 is 14.6 Å². The minimum Gasteiger partial charge on any atom is -0.480 e. The van der Waals surface area contributed by atoms with Gasteiger partial charge in [0.05, 0.1) is 0 Å². The normalized spacial score (nSPS) is 18.8.